The Balaban J connectivity index is 1.68. The SMILES string of the molecule is Cc1nn(-c2ccc(F)cc2F)c(C)c1C(=O)OCCOc1cncc(Cl)n1. The third kappa shape index (κ3) is 4.25. The van der Waals surface area contributed by atoms with Crippen LogP contribution in [-0.4, -0.2) is 38.9 Å². The molecule has 0 bridgehead atoms. The van der Waals surface area contributed by atoms with E-state index in [-0.39, 0.29) is 35.5 Å². The van der Waals surface area contributed by atoms with Gasteiger partial charge >= 0.3 is 5.97 Å². The zero-order valence-electron chi connectivity index (χ0n) is 14.9. The highest BCUT2D eigenvalue weighted by molar-refractivity contribution is 6.29. The van der Waals surface area contributed by atoms with Crippen LogP contribution in [0, 0.1) is 25.5 Å². The number of carbonyl (C=O) groups is 1. The lowest BCUT2D eigenvalue weighted by Gasteiger charge is -2.08. The summed E-state index contributed by atoms with van der Waals surface area (Å²) in [6.07, 6.45) is 2.74. The average molecular weight is 409 g/mol. The molecule has 2 aromatic heterocycles. The lowest BCUT2D eigenvalue weighted by molar-refractivity contribution is 0.0446. The van der Waals surface area contributed by atoms with Gasteiger partial charge in [0.1, 0.15) is 30.3 Å². The van der Waals surface area contributed by atoms with Crippen molar-refractivity contribution in [2.24, 2.45) is 0 Å². The van der Waals surface area contributed by atoms with E-state index in [1.165, 1.54) is 23.1 Å². The van der Waals surface area contributed by atoms with Crippen molar-refractivity contribution in [1.82, 2.24) is 19.7 Å². The largest absolute Gasteiger partial charge is 0.473 e. The van der Waals surface area contributed by atoms with Gasteiger partial charge in [-0.15, -0.1) is 0 Å². The van der Waals surface area contributed by atoms with Gasteiger partial charge in [0.25, 0.3) is 0 Å². The number of nitrogens with zero attached hydrogens (tertiary/aromatic N) is 4. The standard InChI is InChI=1S/C18H15ClF2N4O3/c1-10-17(11(2)25(24-10)14-4-3-12(20)7-13(14)21)18(26)28-6-5-27-16-9-22-8-15(19)23-16/h3-4,7-9H,5-6H2,1-2H3. The Hall–Kier alpha value is -3.07. The van der Waals surface area contributed by atoms with E-state index in [9.17, 15) is 13.6 Å². The molecule has 0 atom stereocenters. The minimum atomic E-state index is -0.790. The number of aryl methyl sites for hydroxylation is 1. The molecule has 146 valence electrons. The van der Waals surface area contributed by atoms with E-state index < -0.39 is 17.6 Å². The zero-order valence-corrected chi connectivity index (χ0v) is 15.7. The second-order valence-corrected chi connectivity index (χ2v) is 6.11. The molecule has 2 heterocycles. The van der Waals surface area contributed by atoms with Crippen LogP contribution in [0.1, 0.15) is 21.7 Å². The lowest BCUT2D eigenvalue weighted by Crippen LogP contribution is -2.14. The van der Waals surface area contributed by atoms with Crippen LogP contribution < -0.4 is 4.74 Å². The van der Waals surface area contributed by atoms with Crippen molar-refractivity contribution in [3.63, 3.8) is 0 Å². The number of hydrogen-bond donors (Lipinski definition) is 0. The van der Waals surface area contributed by atoms with Gasteiger partial charge in [-0.1, -0.05) is 11.6 Å². The molecule has 0 spiro atoms. The maximum Gasteiger partial charge on any atom is 0.342 e. The molecule has 28 heavy (non-hydrogen) atoms. The van der Waals surface area contributed by atoms with Gasteiger partial charge in [0, 0.05) is 6.07 Å². The molecule has 3 aromatic rings. The van der Waals surface area contributed by atoms with Crippen molar-refractivity contribution in [2.45, 2.75) is 13.8 Å². The van der Waals surface area contributed by atoms with E-state index in [0.717, 1.165) is 12.1 Å². The molecule has 0 amide bonds. The van der Waals surface area contributed by atoms with E-state index in [0.29, 0.717) is 11.4 Å². The fraction of sp³-hybridized carbons (Fsp3) is 0.222. The van der Waals surface area contributed by atoms with Crippen molar-refractivity contribution < 1.29 is 23.0 Å². The summed E-state index contributed by atoms with van der Waals surface area (Å²) in [7, 11) is 0. The van der Waals surface area contributed by atoms with Gasteiger partial charge < -0.3 is 9.47 Å². The number of hydrogen-bond acceptors (Lipinski definition) is 6. The third-order valence-electron chi connectivity index (χ3n) is 3.78. The topological polar surface area (TPSA) is 79.1 Å². The summed E-state index contributed by atoms with van der Waals surface area (Å²) >= 11 is 5.70. The van der Waals surface area contributed by atoms with Crippen molar-refractivity contribution in [1.29, 1.82) is 0 Å². The summed E-state index contributed by atoms with van der Waals surface area (Å²) in [4.78, 5) is 20.1. The molecule has 7 nitrogen and oxygen atoms in total. The summed E-state index contributed by atoms with van der Waals surface area (Å²) < 4.78 is 38.9. The van der Waals surface area contributed by atoms with Crippen LogP contribution in [0.25, 0.3) is 5.69 Å². The molecule has 10 heteroatoms. The first kappa shape index (κ1) is 19.7. The molecule has 3 rings (SSSR count). The molecule has 0 aliphatic carbocycles. The summed E-state index contributed by atoms with van der Waals surface area (Å²) in [5, 5.41) is 4.35. The Bertz CT molecular complexity index is 1030. The zero-order chi connectivity index (χ0) is 20.3. The predicted molar refractivity (Wildman–Crippen MR) is 95.8 cm³/mol. The molecule has 0 N–H and O–H groups in total. The van der Waals surface area contributed by atoms with Crippen molar-refractivity contribution in [3.8, 4) is 11.6 Å². The third-order valence-corrected chi connectivity index (χ3v) is 3.96. The highest BCUT2D eigenvalue weighted by Crippen LogP contribution is 2.21. The fourth-order valence-corrected chi connectivity index (χ4v) is 2.71. The van der Waals surface area contributed by atoms with Crippen molar-refractivity contribution >= 4 is 17.6 Å². The number of ether oxygens (including phenoxy) is 2. The summed E-state index contributed by atoms with van der Waals surface area (Å²) in [6.45, 7) is 3.18. The minimum Gasteiger partial charge on any atom is -0.473 e. The number of aromatic nitrogens is 4. The predicted octanol–water partition coefficient (Wildman–Crippen LogP) is 3.45. The average Bonchev–Trinajstić information content (AvgIpc) is 2.93. The van der Waals surface area contributed by atoms with Crippen LogP contribution in [-0.2, 0) is 4.74 Å². The second-order valence-electron chi connectivity index (χ2n) is 5.72. The van der Waals surface area contributed by atoms with Crippen LogP contribution in [0.3, 0.4) is 0 Å². The Morgan fingerprint density at radius 1 is 1.21 bits per heavy atom. The fourth-order valence-electron chi connectivity index (χ4n) is 2.57. The first-order valence-corrected chi connectivity index (χ1v) is 8.53. The first-order valence-electron chi connectivity index (χ1n) is 8.16. The lowest BCUT2D eigenvalue weighted by atomic mass is 10.2. The van der Waals surface area contributed by atoms with Crippen LogP contribution in [0.2, 0.25) is 5.15 Å². The van der Waals surface area contributed by atoms with Crippen LogP contribution >= 0.6 is 11.6 Å². The quantitative estimate of drug-likeness (QED) is 0.459. The minimum absolute atomic E-state index is 0.0314. The molecule has 1 aromatic carbocycles. The van der Waals surface area contributed by atoms with E-state index in [2.05, 4.69) is 15.1 Å². The highest BCUT2D eigenvalue weighted by Gasteiger charge is 2.22. The van der Waals surface area contributed by atoms with Gasteiger partial charge in [-0.25, -0.2) is 18.3 Å². The number of halogens is 3. The summed E-state index contributed by atoms with van der Waals surface area (Å²) in [5.74, 6) is -1.92. The normalized spacial score (nSPS) is 10.8. The van der Waals surface area contributed by atoms with Crippen molar-refractivity contribution in [3.05, 3.63) is 64.3 Å². The molecule has 0 radical (unpaired) electrons. The van der Waals surface area contributed by atoms with Gasteiger partial charge in [0.2, 0.25) is 5.88 Å². The number of esters is 1. The number of carbonyl (C=O) groups excluding carboxylic acids is 1. The van der Waals surface area contributed by atoms with Crippen molar-refractivity contribution in [2.75, 3.05) is 13.2 Å². The Labute approximate surface area is 163 Å². The first-order chi connectivity index (χ1) is 13.4. The van der Waals surface area contributed by atoms with Crippen LogP contribution in [0.4, 0.5) is 8.78 Å². The Morgan fingerprint density at radius 2 is 2.00 bits per heavy atom. The molecule has 0 saturated heterocycles. The Kier molecular flexibility index (Phi) is 5.84. The number of rotatable bonds is 6. The monoisotopic (exact) mass is 408 g/mol. The smallest absolute Gasteiger partial charge is 0.342 e. The van der Waals surface area contributed by atoms with Gasteiger partial charge in [-0.2, -0.15) is 10.1 Å². The molecule has 0 unspecified atom stereocenters. The van der Waals surface area contributed by atoms with Gasteiger partial charge in [0.05, 0.1) is 23.8 Å². The highest BCUT2D eigenvalue weighted by atomic mass is 35.5. The van der Waals surface area contributed by atoms with E-state index in [4.69, 9.17) is 21.1 Å². The summed E-state index contributed by atoms with van der Waals surface area (Å²) in [5.41, 5.74) is 0.956. The van der Waals surface area contributed by atoms with Gasteiger partial charge in [-0.3, -0.25) is 4.98 Å². The van der Waals surface area contributed by atoms with Crippen LogP contribution in [0.5, 0.6) is 5.88 Å². The number of benzene rings is 1. The Morgan fingerprint density at radius 3 is 2.71 bits per heavy atom. The van der Waals surface area contributed by atoms with Gasteiger partial charge in [-0.05, 0) is 26.0 Å². The molecule has 0 fully saturated rings. The second kappa shape index (κ2) is 8.30. The maximum absolute atomic E-state index is 14.0. The summed E-state index contributed by atoms with van der Waals surface area (Å²) in [6, 6.07) is 3.11. The molecule has 0 aliphatic heterocycles. The van der Waals surface area contributed by atoms with E-state index in [1.807, 2.05) is 0 Å². The molecular formula is C18H15ClF2N4O3. The van der Waals surface area contributed by atoms with E-state index in [1.54, 1.807) is 13.8 Å². The molecular weight excluding hydrogens is 394 g/mol. The van der Waals surface area contributed by atoms with Crippen LogP contribution in [0.15, 0.2) is 30.6 Å². The van der Waals surface area contributed by atoms with E-state index >= 15 is 0 Å². The molecule has 0 aliphatic rings. The van der Waals surface area contributed by atoms with Gasteiger partial charge in [0.15, 0.2) is 11.0 Å². The molecule has 0 saturated carbocycles. The maximum atomic E-state index is 14.0.